The zero-order valence-electron chi connectivity index (χ0n) is 9.96. The van der Waals surface area contributed by atoms with Crippen molar-refractivity contribution in [2.24, 2.45) is 0 Å². The standard InChI is InChI=1S/C12H17BF3O/c1-2-3-4-5-10-17-12-8-6-11(7-9-12)13(14,15)16/h6-9H,2-5,10H2,1H3/q-1. The van der Waals surface area contributed by atoms with E-state index in [1.807, 2.05) is 0 Å². The van der Waals surface area contributed by atoms with Gasteiger partial charge in [-0.15, -0.1) is 5.46 Å². The second-order valence-electron chi connectivity index (χ2n) is 4.05. The van der Waals surface area contributed by atoms with Crippen molar-refractivity contribution in [1.29, 1.82) is 0 Å². The van der Waals surface area contributed by atoms with Gasteiger partial charge in [-0.25, -0.2) is 0 Å². The SMILES string of the molecule is CCCCCCOc1ccc([B-](F)(F)F)cc1. The van der Waals surface area contributed by atoms with Gasteiger partial charge in [-0.2, -0.15) is 0 Å². The third-order valence-electron chi connectivity index (χ3n) is 2.52. The van der Waals surface area contributed by atoms with Crippen molar-refractivity contribution in [3.05, 3.63) is 24.3 Å². The Kier molecular flexibility index (Phi) is 5.39. The van der Waals surface area contributed by atoms with Gasteiger partial charge in [0.15, 0.2) is 0 Å². The molecular weight excluding hydrogens is 228 g/mol. The van der Waals surface area contributed by atoms with Crippen molar-refractivity contribution in [3.8, 4) is 5.75 Å². The summed E-state index contributed by atoms with van der Waals surface area (Å²) in [4.78, 5) is 0. The molecule has 0 aliphatic heterocycles. The van der Waals surface area contributed by atoms with Crippen LogP contribution in [0.4, 0.5) is 12.9 Å². The lowest BCUT2D eigenvalue weighted by Crippen LogP contribution is -2.33. The Morgan fingerprint density at radius 1 is 1.00 bits per heavy atom. The van der Waals surface area contributed by atoms with E-state index < -0.39 is 12.4 Å². The minimum atomic E-state index is -4.90. The normalized spacial score (nSPS) is 11.5. The molecule has 0 saturated carbocycles. The van der Waals surface area contributed by atoms with E-state index in [-0.39, 0.29) is 0 Å². The van der Waals surface area contributed by atoms with E-state index in [9.17, 15) is 12.9 Å². The number of benzene rings is 1. The largest absolute Gasteiger partial charge is 0.509 e. The smallest absolute Gasteiger partial charge is 0.494 e. The summed E-state index contributed by atoms with van der Waals surface area (Å²) in [7, 11) is 0. The molecule has 1 rings (SSSR count). The molecule has 0 amide bonds. The number of unbranched alkanes of at least 4 members (excludes halogenated alkanes) is 3. The molecule has 0 spiro atoms. The summed E-state index contributed by atoms with van der Waals surface area (Å²) in [5.41, 5.74) is -0.580. The number of hydrogen-bond acceptors (Lipinski definition) is 1. The molecule has 0 N–H and O–H groups in total. The van der Waals surface area contributed by atoms with Crippen LogP contribution in [0.2, 0.25) is 0 Å². The fourth-order valence-corrected chi connectivity index (χ4v) is 1.50. The molecule has 0 atom stereocenters. The van der Waals surface area contributed by atoms with E-state index in [0.29, 0.717) is 12.4 Å². The van der Waals surface area contributed by atoms with Crippen LogP contribution in [0.15, 0.2) is 24.3 Å². The third-order valence-corrected chi connectivity index (χ3v) is 2.52. The predicted molar refractivity (Wildman–Crippen MR) is 64.8 cm³/mol. The second kappa shape index (κ2) is 6.57. The van der Waals surface area contributed by atoms with E-state index in [1.54, 1.807) is 0 Å². The maximum absolute atomic E-state index is 12.3. The summed E-state index contributed by atoms with van der Waals surface area (Å²) >= 11 is 0. The lowest BCUT2D eigenvalue weighted by Gasteiger charge is -2.15. The summed E-state index contributed by atoms with van der Waals surface area (Å²) < 4.78 is 42.4. The highest BCUT2D eigenvalue weighted by molar-refractivity contribution is 6.73. The van der Waals surface area contributed by atoms with Gasteiger partial charge in [-0.3, -0.25) is 0 Å². The molecule has 0 radical (unpaired) electrons. The predicted octanol–water partition coefficient (Wildman–Crippen LogP) is 3.70. The van der Waals surface area contributed by atoms with Gasteiger partial charge in [0.25, 0.3) is 0 Å². The molecule has 1 aromatic rings. The van der Waals surface area contributed by atoms with Gasteiger partial charge in [-0.1, -0.05) is 38.3 Å². The molecule has 0 aromatic heterocycles. The maximum Gasteiger partial charge on any atom is 0.509 e. The van der Waals surface area contributed by atoms with Crippen LogP contribution < -0.4 is 10.2 Å². The van der Waals surface area contributed by atoms with Crippen LogP contribution >= 0.6 is 0 Å². The van der Waals surface area contributed by atoms with Crippen LogP contribution in [-0.2, 0) is 0 Å². The maximum atomic E-state index is 12.3. The van der Waals surface area contributed by atoms with Crippen molar-refractivity contribution in [2.45, 2.75) is 32.6 Å². The molecule has 0 fully saturated rings. The fraction of sp³-hybridized carbons (Fsp3) is 0.500. The number of ether oxygens (including phenoxy) is 1. The van der Waals surface area contributed by atoms with Gasteiger partial charge in [-0.05, 0) is 18.6 Å². The monoisotopic (exact) mass is 245 g/mol. The molecule has 0 heterocycles. The fourth-order valence-electron chi connectivity index (χ4n) is 1.50. The number of halogens is 3. The summed E-state index contributed by atoms with van der Waals surface area (Å²) in [5, 5.41) is 0. The third kappa shape index (κ3) is 5.15. The molecule has 0 unspecified atom stereocenters. The Morgan fingerprint density at radius 2 is 1.65 bits per heavy atom. The Labute approximate surface area is 100 Å². The molecular formula is C12H17BF3O-. The minimum absolute atomic E-state index is 0.505. The quantitative estimate of drug-likeness (QED) is 0.525. The highest BCUT2D eigenvalue weighted by atomic mass is 19.4. The number of rotatable bonds is 7. The lowest BCUT2D eigenvalue weighted by atomic mass is 9.80. The van der Waals surface area contributed by atoms with Crippen molar-refractivity contribution in [3.63, 3.8) is 0 Å². The summed E-state index contributed by atoms with van der Waals surface area (Å²) in [6, 6.07) is 4.90. The first-order chi connectivity index (χ1) is 8.04. The highest BCUT2D eigenvalue weighted by Crippen LogP contribution is 2.14. The van der Waals surface area contributed by atoms with E-state index in [1.165, 1.54) is 18.6 Å². The van der Waals surface area contributed by atoms with Gasteiger partial charge in [0.2, 0.25) is 0 Å². The molecule has 0 bridgehead atoms. The van der Waals surface area contributed by atoms with E-state index in [0.717, 1.165) is 31.4 Å². The summed E-state index contributed by atoms with van der Waals surface area (Å²) in [6.07, 6.45) is 4.36. The number of hydrogen-bond donors (Lipinski definition) is 0. The molecule has 96 valence electrons. The van der Waals surface area contributed by atoms with Crippen LogP contribution in [0.1, 0.15) is 32.6 Å². The molecule has 0 aliphatic carbocycles. The molecule has 0 aliphatic rings. The summed E-state index contributed by atoms with van der Waals surface area (Å²) in [5.74, 6) is 0.505. The molecule has 0 saturated heterocycles. The average Bonchev–Trinajstić information content (AvgIpc) is 2.28. The van der Waals surface area contributed by atoms with Crippen molar-refractivity contribution in [1.82, 2.24) is 0 Å². The molecule has 17 heavy (non-hydrogen) atoms. The van der Waals surface area contributed by atoms with Crippen molar-refractivity contribution < 1.29 is 17.7 Å². The Hall–Kier alpha value is -1.13. The second-order valence-corrected chi connectivity index (χ2v) is 4.05. The topological polar surface area (TPSA) is 9.23 Å². The summed E-state index contributed by atoms with van der Waals surface area (Å²) in [6.45, 7) is -2.21. The van der Waals surface area contributed by atoms with E-state index in [4.69, 9.17) is 4.74 Å². The van der Waals surface area contributed by atoms with Crippen LogP contribution in [0.25, 0.3) is 0 Å². The lowest BCUT2D eigenvalue weighted by molar-refractivity contribution is 0.305. The zero-order valence-corrected chi connectivity index (χ0v) is 9.96. The zero-order chi connectivity index (χ0) is 12.7. The van der Waals surface area contributed by atoms with Gasteiger partial charge in [0, 0.05) is 0 Å². The highest BCUT2D eigenvalue weighted by Gasteiger charge is 2.24. The van der Waals surface area contributed by atoms with Crippen LogP contribution in [-0.4, -0.2) is 13.6 Å². The van der Waals surface area contributed by atoms with Gasteiger partial charge in [0.1, 0.15) is 5.75 Å². The van der Waals surface area contributed by atoms with E-state index >= 15 is 0 Å². The van der Waals surface area contributed by atoms with Crippen molar-refractivity contribution in [2.75, 3.05) is 6.61 Å². The van der Waals surface area contributed by atoms with Gasteiger partial charge in [0.05, 0.1) is 6.61 Å². The Morgan fingerprint density at radius 3 is 2.18 bits per heavy atom. The van der Waals surface area contributed by atoms with Gasteiger partial charge < -0.3 is 17.7 Å². The molecule has 1 nitrogen and oxygen atoms in total. The average molecular weight is 245 g/mol. The van der Waals surface area contributed by atoms with Crippen LogP contribution in [0.5, 0.6) is 5.75 Å². The van der Waals surface area contributed by atoms with E-state index in [2.05, 4.69) is 6.92 Å². The molecule has 1 aromatic carbocycles. The minimum Gasteiger partial charge on any atom is -0.494 e. The van der Waals surface area contributed by atoms with Crippen LogP contribution in [0, 0.1) is 0 Å². The Balaban J connectivity index is 2.36. The first-order valence-corrected chi connectivity index (χ1v) is 5.96. The van der Waals surface area contributed by atoms with Gasteiger partial charge >= 0.3 is 6.98 Å². The molecule has 5 heteroatoms. The first-order valence-electron chi connectivity index (χ1n) is 5.96. The first kappa shape index (κ1) is 13.9. The Bertz CT molecular complexity index is 322. The van der Waals surface area contributed by atoms with Crippen molar-refractivity contribution >= 4 is 12.4 Å². The van der Waals surface area contributed by atoms with Crippen LogP contribution in [0.3, 0.4) is 0 Å².